The third kappa shape index (κ3) is 5.50. The van der Waals surface area contributed by atoms with Gasteiger partial charge in [-0.05, 0) is 50.6 Å². The van der Waals surface area contributed by atoms with Gasteiger partial charge in [0.15, 0.2) is 10.9 Å². The highest BCUT2D eigenvalue weighted by Crippen LogP contribution is 2.27. The molecular weight excluding hydrogens is 446 g/mol. The van der Waals surface area contributed by atoms with Crippen molar-refractivity contribution in [2.24, 2.45) is 0 Å². The zero-order valence-corrected chi connectivity index (χ0v) is 18.6. The van der Waals surface area contributed by atoms with Gasteiger partial charge in [-0.1, -0.05) is 23.4 Å². The number of thioether (sulfide) groups is 1. The normalized spacial score (nSPS) is 12.3. The number of hydrogen-bond acceptors (Lipinski definition) is 5. The van der Waals surface area contributed by atoms with E-state index in [9.17, 15) is 18.4 Å². The smallest absolute Gasteiger partial charge is 0.262 e. The van der Waals surface area contributed by atoms with Gasteiger partial charge in [0.2, 0.25) is 0 Å². The fourth-order valence-corrected chi connectivity index (χ4v) is 4.22. The minimum Gasteiger partial charge on any atom is -0.382 e. The van der Waals surface area contributed by atoms with Crippen LogP contribution in [-0.2, 0) is 11.3 Å². The average molecular weight is 467 g/mol. The molecule has 9 heteroatoms. The second-order valence-electron chi connectivity index (χ2n) is 6.81. The lowest BCUT2D eigenvalue weighted by molar-refractivity contribution is 0.0989. The fraction of sp³-hybridized carbons (Fsp3) is 0.318. The number of aromatic nitrogens is 2. The number of ether oxygens (including phenoxy) is 1. The Kier molecular flexibility index (Phi) is 7.80. The van der Waals surface area contributed by atoms with Gasteiger partial charge in [-0.25, -0.2) is 13.8 Å². The SMILES string of the molecule is CCOCCCn1c(SC(C)C(=O)c2ccc(F)cc2F)nc2cc(Cl)ccc2c1=O. The van der Waals surface area contributed by atoms with Crippen molar-refractivity contribution in [3.05, 3.63) is 69.0 Å². The summed E-state index contributed by atoms with van der Waals surface area (Å²) in [7, 11) is 0. The molecule has 3 rings (SSSR count). The Morgan fingerprint density at radius 2 is 2.03 bits per heavy atom. The summed E-state index contributed by atoms with van der Waals surface area (Å²) in [5.41, 5.74) is -0.0579. The second kappa shape index (κ2) is 10.3. The number of carbonyl (C=O) groups excluding carboxylic acids is 1. The summed E-state index contributed by atoms with van der Waals surface area (Å²) in [5.74, 6) is -2.21. The number of Topliss-reactive ketones (excluding diaryl/α,β-unsaturated/α-hetero) is 1. The van der Waals surface area contributed by atoms with Crippen LogP contribution in [-0.4, -0.2) is 33.8 Å². The van der Waals surface area contributed by atoms with Crippen molar-refractivity contribution in [2.75, 3.05) is 13.2 Å². The first-order valence-corrected chi connectivity index (χ1v) is 11.0. The number of fused-ring (bicyclic) bond motifs is 1. The molecule has 0 N–H and O–H groups in total. The molecule has 0 aliphatic rings. The van der Waals surface area contributed by atoms with Crippen LogP contribution in [0.3, 0.4) is 0 Å². The van der Waals surface area contributed by atoms with E-state index >= 15 is 0 Å². The highest BCUT2D eigenvalue weighted by atomic mass is 35.5. The van der Waals surface area contributed by atoms with E-state index in [-0.39, 0.29) is 11.1 Å². The van der Waals surface area contributed by atoms with Crippen molar-refractivity contribution in [2.45, 2.75) is 37.2 Å². The third-order valence-corrected chi connectivity index (χ3v) is 5.93. The molecule has 0 saturated carbocycles. The van der Waals surface area contributed by atoms with Crippen LogP contribution < -0.4 is 5.56 Å². The van der Waals surface area contributed by atoms with Crippen LogP contribution in [0, 0.1) is 11.6 Å². The van der Waals surface area contributed by atoms with Crippen LogP contribution in [0.4, 0.5) is 8.78 Å². The molecule has 1 heterocycles. The molecule has 1 unspecified atom stereocenters. The predicted molar refractivity (Wildman–Crippen MR) is 118 cm³/mol. The number of benzene rings is 2. The average Bonchev–Trinajstić information content (AvgIpc) is 2.72. The minimum absolute atomic E-state index is 0.213. The van der Waals surface area contributed by atoms with Crippen molar-refractivity contribution >= 4 is 40.0 Å². The number of ketones is 1. The quantitative estimate of drug-likeness (QED) is 0.189. The first-order valence-electron chi connectivity index (χ1n) is 9.75. The van der Waals surface area contributed by atoms with Crippen LogP contribution in [0.1, 0.15) is 30.6 Å². The van der Waals surface area contributed by atoms with E-state index in [0.29, 0.717) is 53.3 Å². The van der Waals surface area contributed by atoms with Crippen molar-refractivity contribution in [1.29, 1.82) is 0 Å². The summed E-state index contributed by atoms with van der Waals surface area (Å²) < 4.78 is 34.1. The van der Waals surface area contributed by atoms with E-state index in [0.717, 1.165) is 23.9 Å². The Bertz CT molecular complexity index is 1170. The van der Waals surface area contributed by atoms with Crippen molar-refractivity contribution in [3.63, 3.8) is 0 Å². The lowest BCUT2D eigenvalue weighted by atomic mass is 10.1. The van der Waals surface area contributed by atoms with E-state index in [1.165, 1.54) is 4.57 Å². The summed E-state index contributed by atoms with van der Waals surface area (Å²) in [5, 5.41) is 0.400. The van der Waals surface area contributed by atoms with Crippen molar-refractivity contribution in [3.8, 4) is 0 Å². The Morgan fingerprint density at radius 3 is 2.74 bits per heavy atom. The zero-order valence-electron chi connectivity index (χ0n) is 17.0. The molecule has 0 saturated heterocycles. The number of nitrogens with zero attached hydrogens (tertiary/aromatic N) is 2. The molecule has 2 aromatic carbocycles. The molecule has 0 aliphatic carbocycles. The lowest BCUT2D eigenvalue weighted by Gasteiger charge is -2.16. The van der Waals surface area contributed by atoms with Gasteiger partial charge >= 0.3 is 0 Å². The zero-order chi connectivity index (χ0) is 22.5. The third-order valence-electron chi connectivity index (χ3n) is 4.60. The second-order valence-corrected chi connectivity index (χ2v) is 8.56. The fourth-order valence-electron chi connectivity index (χ4n) is 3.05. The summed E-state index contributed by atoms with van der Waals surface area (Å²) >= 11 is 7.09. The first-order chi connectivity index (χ1) is 14.8. The van der Waals surface area contributed by atoms with Crippen LogP contribution >= 0.6 is 23.4 Å². The van der Waals surface area contributed by atoms with Crippen molar-refractivity contribution < 1.29 is 18.3 Å². The van der Waals surface area contributed by atoms with Gasteiger partial charge in [0.1, 0.15) is 11.6 Å². The van der Waals surface area contributed by atoms with E-state index in [1.54, 1.807) is 25.1 Å². The molecule has 1 atom stereocenters. The molecule has 164 valence electrons. The van der Waals surface area contributed by atoms with E-state index in [4.69, 9.17) is 16.3 Å². The van der Waals surface area contributed by atoms with E-state index in [2.05, 4.69) is 4.98 Å². The molecule has 0 bridgehead atoms. The molecule has 0 radical (unpaired) electrons. The van der Waals surface area contributed by atoms with Gasteiger partial charge < -0.3 is 4.74 Å². The Morgan fingerprint density at radius 1 is 1.26 bits per heavy atom. The van der Waals surface area contributed by atoms with Gasteiger partial charge in [0.25, 0.3) is 5.56 Å². The highest BCUT2D eigenvalue weighted by molar-refractivity contribution is 8.00. The van der Waals surface area contributed by atoms with Gasteiger partial charge in [-0.3, -0.25) is 14.2 Å². The van der Waals surface area contributed by atoms with E-state index in [1.807, 2.05) is 6.92 Å². The molecule has 31 heavy (non-hydrogen) atoms. The number of rotatable bonds is 9. The maximum absolute atomic E-state index is 14.1. The Labute approximate surface area is 187 Å². The topological polar surface area (TPSA) is 61.2 Å². The summed E-state index contributed by atoms with van der Waals surface area (Å²) in [6.07, 6.45) is 0.580. The van der Waals surface area contributed by atoms with Gasteiger partial charge in [-0.15, -0.1) is 0 Å². The lowest BCUT2D eigenvalue weighted by Crippen LogP contribution is -2.26. The summed E-state index contributed by atoms with van der Waals surface area (Å²) in [6.45, 7) is 4.87. The molecule has 5 nitrogen and oxygen atoms in total. The molecular formula is C22H21ClF2N2O3S. The standard InChI is InChI=1S/C22H21ClF2N2O3S/c1-3-30-10-4-9-27-21(29)17-7-5-14(23)11-19(17)26-22(27)31-13(2)20(28)16-8-6-15(24)12-18(16)25/h5-8,11-13H,3-4,9-10H2,1-2H3. The van der Waals surface area contributed by atoms with Crippen LogP contribution in [0.25, 0.3) is 10.9 Å². The summed E-state index contributed by atoms with van der Waals surface area (Å²) in [4.78, 5) is 30.4. The van der Waals surface area contributed by atoms with Crippen molar-refractivity contribution in [1.82, 2.24) is 9.55 Å². The number of carbonyl (C=O) groups is 1. The maximum atomic E-state index is 14.1. The first kappa shape index (κ1) is 23.4. The summed E-state index contributed by atoms with van der Waals surface area (Å²) in [6, 6.07) is 7.64. The van der Waals surface area contributed by atoms with E-state index < -0.39 is 22.7 Å². The van der Waals surface area contributed by atoms with Crippen LogP contribution in [0.5, 0.6) is 0 Å². The molecule has 3 aromatic rings. The molecule has 0 spiro atoms. The molecule has 0 aliphatic heterocycles. The van der Waals surface area contributed by atoms with Gasteiger partial charge in [0.05, 0.1) is 21.7 Å². The van der Waals surface area contributed by atoms with Gasteiger partial charge in [-0.2, -0.15) is 0 Å². The van der Waals surface area contributed by atoms with Crippen LogP contribution in [0.15, 0.2) is 46.3 Å². The Balaban J connectivity index is 1.96. The molecule has 1 aromatic heterocycles. The maximum Gasteiger partial charge on any atom is 0.262 e. The Hall–Kier alpha value is -2.29. The highest BCUT2D eigenvalue weighted by Gasteiger charge is 2.23. The predicted octanol–water partition coefficient (Wildman–Crippen LogP) is 5.12. The van der Waals surface area contributed by atoms with Gasteiger partial charge in [0, 0.05) is 30.8 Å². The minimum atomic E-state index is -0.926. The largest absolute Gasteiger partial charge is 0.382 e. The number of halogens is 3. The molecule has 0 fully saturated rings. The molecule has 0 amide bonds. The number of hydrogen-bond donors (Lipinski definition) is 0. The monoisotopic (exact) mass is 466 g/mol. The van der Waals surface area contributed by atoms with Crippen LogP contribution in [0.2, 0.25) is 5.02 Å².